The largest absolute Gasteiger partial charge is 0.481 e. The van der Waals surface area contributed by atoms with Gasteiger partial charge in [-0.3, -0.25) is 47.9 Å². The number of carboxylic acids is 2. The Kier molecular flexibility index (Phi) is 34.6. The van der Waals surface area contributed by atoms with Gasteiger partial charge in [-0.2, -0.15) is 0 Å². The number of carbonyl (C=O) groups excluding carboxylic acids is 9. The third-order valence-electron chi connectivity index (χ3n) is 11.6. The van der Waals surface area contributed by atoms with E-state index in [0.29, 0.717) is 25.7 Å². The number of amides is 9. The van der Waals surface area contributed by atoms with Gasteiger partial charge < -0.3 is 91.6 Å². The Hall–Kier alpha value is -6.07. The van der Waals surface area contributed by atoms with E-state index in [1.807, 2.05) is 0 Å². The number of nitrogens with one attached hydrogen (secondary N) is 8. The predicted octanol–water partition coefficient (Wildman–Crippen LogP) is -4.74. The highest BCUT2D eigenvalue weighted by atomic mass is 16.4. The van der Waals surface area contributed by atoms with Crippen LogP contribution < -0.4 is 71.2 Å². The SMILES string of the molecule is CC(C)C[C@H](NC(=O)[C@@H](NC(=O)[C@H](CCCCN)NC(=O)[C@H](CO)NC(=O)[C@H](CCCCN)NC(=O)[C@H](CCCCN)NC(=O)[C@H](CC(C)C)NC(=O)[C@H](CCC(N)=O)NC(=O)[C@@H](N)CCC(=O)O)[C@@H](C)O)C(=O)O. The van der Waals surface area contributed by atoms with Crippen LogP contribution in [0.5, 0.6) is 0 Å². The Morgan fingerprint density at radius 3 is 1.15 bits per heavy atom. The summed E-state index contributed by atoms with van der Waals surface area (Å²) in [6.07, 6.45) is -0.915. The summed E-state index contributed by atoms with van der Waals surface area (Å²) >= 11 is 0. The van der Waals surface area contributed by atoms with Crippen LogP contribution in [0.2, 0.25) is 0 Å². The van der Waals surface area contributed by atoms with Gasteiger partial charge in [0.2, 0.25) is 53.2 Å². The highest BCUT2D eigenvalue weighted by Gasteiger charge is 2.36. The van der Waals surface area contributed by atoms with Gasteiger partial charge in [0.05, 0.1) is 18.8 Å². The number of primary amides is 1. The van der Waals surface area contributed by atoms with Crippen molar-refractivity contribution in [3.63, 3.8) is 0 Å². The molecule has 0 aliphatic heterocycles. The van der Waals surface area contributed by atoms with Gasteiger partial charge in [0.1, 0.15) is 48.3 Å². The number of hydrogen-bond acceptors (Lipinski definition) is 17. The summed E-state index contributed by atoms with van der Waals surface area (Å²) in [5, 5.41) is 59.2. The number of nitrogens with two attached hydrogens (primary N) is 5. The quantitative estimate of drug-likeness (QED) is 0.0256. The highest BCUT2D eigenvalue weighted by molar-refractivity contribution is 5.98. The highest BCUT2D eigenvalue weighted by Crippen LogP contribution is 2.12. The van der Waals surface area contributed by atoms with Crippen molar-refractivity contribution in [2.45, 2.75) is 191 Å². The molecular weight excluding hydrogens is 987 g/mol. The maximum atomic E-state index is 14.1. The Labute approximate surface area is 438 Å². The summed E-state index contributed by atoms with van der Waals surface area (Å²) in [6, 6.07) is -13.0. The molecule has 0 aliphatic carbocycles. The van der Waals surface area contributed by atoms with Crippen LogP contribution in [-0.4, -0.2) is 172 Å². The average molecular weight is 1070 g/mol. The summed E-state index contributed by atoms with van der Waals surface area (Å²) in [5.41, 5.74) is 28.2. The lowest BCUT2D eigenvalue weighted by atomic mass is 10.0. The molecule has 28 nitrogen and oxygen atoms in total. The normalized spacial score (nSPS) is 15.3. The van der Waals surface area contributed by atoms with E-state index in [4.69, 9.17) is 33.8 Å². The number of aliphatic hydroxyl groups is 2. The first kappa shape index (κ1) is 68.9. The van der Waals surface area contributed by atoms with Crippen molar-refractivity contribution >= 4 is 65.1 Å². The van der Waals surface area contributed by atoms with Gasteiger partial charge in [-0.15, -0.1) is 0 Å². The van der Waals surface area contributed by atoms with Gasteiger partial charge >= 0.3 is 11.9 Å². The van der Waals surface area contributed by atoms with Crippen LogP contribution in [0.4, 0.5) is 0 Å². The number of aliphatic carboxylic acids is 2. The predicted molar refractivity (Wildman–Crippen MR) is 273 cm³/mol. The van der Waals surface area contributed by atoms with Gasteiger partial charge in [0.15, 0.2) is 0 Å². The van der Waals surface area contributed by atoms with Crippen molar-refractivity contribution in [1.29, 1.82) is 0 Å². The number of aliphatic hydroxyl groups excluding tert-OH is 2. The standard InChI is InChI=1S/C47H87N13O15/c1-25(2)22-33(57-42(69)32(16-17-36(52)63)53-39(66)28(51)15-18-37(64)65)44(71)55-29(12-6-9-19-48)40(67)54-30(13-7-10-20-49)41(68)59-35(24-61)45(72)56-31(14-8-11-21-50)43(70)60-38(27(5)62)46(73)58-34(47(74)75)23-26(3)4/h25-35,38,61-62H,6-24,48-51H2,1-5H3,(H2,52,63)(H,53,66)(H,54,67)(H,55,71)(H,56,72)(H,57,69)(H,58,73)(H,59,68)(H,60,70)(H,64,65)(H,74,75)/t27-,28+,29+,30+,31+,32+,33+,34+,35+,38+/m1/s1. The number of carboxylic acid groups (broad SMARTS) is 2. The molecule has 0 rings (SSSR count). The molecule has 28 heteroatoms. The molecule has 10 atom stereocenters. The lowest BCUT2D eigenvalue weighted by Crippen LogP contribution is -2.61. The summed E-state index contributed by atoms with van der Waals surface area (Å²) in [5.74, 6) is -11.2. The second kappa shape index (κ2) is 37.6. The van der Waals surface area contributed by atoms with Crippen LogP contribution in [0.3, 0.4) is 0 Å². The zero-order valence-electron chi connectivity index (χ0n) is 44.0. The Morgan fingerprint density at radius 2 is 0.773 bits per heavy atom. The van der Waals surface area contributed by atoms with E-state index in [2.05, 4.69) is 42.5 Å². The Morgan fingerprint density at radius 1 is 0.427 bits per heavy atom. The fourth-order valence-corrected chi connectivity index (χ4v) is 7.40. The number of carbonyl (C=O) groups is 11. The molecule has 0 aromatic carbocycles. The van der Waals surface area contributed by atoms with E-state index in [1.165, 1.54) is 6.92 Å². The summed E-state index contributed by atoms with van der Waals surface area (Å²) in [7, 11) is 0. The van der Waals surface area contributed by atoms with E-state index >= 15 is 0 Å². The molecule has 430 valence electrons. The minimum atomic E-state index is -1.73. The molecule has 0 bridgehead atoms. The number of hydrogen-bond donors (Lipinski definition) is 17. The molecule has 22 N–H and O–H groups in total. The molecule has 75 heavy (non-hydrogen) atoms. The minimum Gasteiger partial charge on any atom is -0.481 e. The van der Waals surface area contributed by atoms with Crippen molar-refractivity contribution < 1.29 is 73.2 Å². The van der Waals surface area contributed by atoms with E-state index < -0.39 is 139 Å². The first-order valence-electron chi connectivity index (χ1n) is 25.5. The van der Waals surface area contributed by atoms with Crippen LogP contribution >= 0.6 is 0 Å². The van der Waals surface area contributed by atoms with Crippen LogP contribution in [0.25, 0.3) is 0 Å². The molecule has 0 spiro atoms. The van der Waals surface area contributed by atoms with Gasteiger partial charge in [-0.1, -0.05) is 27.7 Å². The zero-order chi connectivity index (χ0) is 57.4. The maximum absolute atomic E-state index is 14.1. The van der Waals surface area contributed by atoms with Crippen LogP contribution in [0.1, 0.15) is 131 Å². The lowest BCUT2D eigenvalue weighted by Gasteiger charge is -2.28. The average Bonchev–Trinajstić information content (AvgIpc) is 3.32. The first-order chi connectivity index (χ1) is 35.2. The van der Waals surface area contributed by atoms with Crippen LogP contribution in [-0.2, 0) is 52.7 Å². The van der Waals surface area contributed by atoms with E-state index in [0.717, 1.165) is 0 Å². The van der Waals surface area contributed by atoms with E-state index in [-0.39, 0.29) is 95.7 Å². The molecule has 0 radical (unpaired) electrons. The molecule has 0 aromatic rings. The second-order valence-electron chi connectivity index (χ2n) is 19.3. The first-order valence-corrected chi connectivity index (χ1v) is 25.5. The second-order valence-corrected chi connectivity index (χ2v) is 19.3. The third-order valence-corrected chi connectivity index (χ3v) is 11.6. The minimum absolute atomic E-state index is 0.00920. The zero-order valence-corrected chi connectivity index (χ0v) is 44.0. The molecule has 0 fully saturated rings. The lowest BCUT2D eigenvalue weighted by molar-refractivity contribution is -0.143. The van der Waals surface area contributed by atoms with Crippen LogP contribution in [0.15, 0.2) is 0 Å². The molecule has 0 aromatic heterocycles. The van der Waals surface area contributed by atoms with Gasteiger partial charge in [0.25, 0.3) is 0 Å². The smallest absolute Gasteiger partial charge is 0.326 e. The van der Waals surface area contributed by atoms with Crippen molar-refractivity contribution in [2.75, 3.05) is 26.2 Å². The molecular formula is C47H87N13O15. The summed E-state index contributed by atoms with van der Waals surface area (Å²) in [4.78, 5) is 144. The number of rotatable bonds is 41. The fraction of sp³-hybridized carbons (Fsp3) is 0.766. The van der Waals surface area contributed by atoms with Gasteiger partial charge in [0, 0.05) is 12.8 Å². The molecule has 0 unspecified atom stereocenters. The fourth-order valence-electron chi connectivity index (χ4n) is 7.40. The van der Waals surface area contributed by atoms with Crippen molar-refractivity contribution in [2.24, 2.45) is 40.5 Å². The topological polar surface area (TPSA) is 495 Å². The van der Waals surface area contributed by atoms with Crippen molar-refractivity contribution in [1.82, 2.24) is 42.5 Å². The summed E-state index contributed by atoms with van der Waals surface area (Å²) < 4.78 is 0. The maximum Gasteiger partial charge on any atom is 0.326 e. The van der Waals surface area contributed by atoms with Crippen molar-refractivity contribution in [3.8, 4) is 0 Å². The number of unbranched alkanes of at least 4 members (excludes halogenated alkanes) is 3. The van der Waals surface area contributed by atoms with Gasteiger partial charge in [-0.25, -0.2) is 4.79 Å². The van der Waals surface area contributed by atoms with Crippen molar-refractivity contribution in [3.05, 3.63) is 0 Å². The molecule has 0 saturated carbocycles. The monoisotopic (exact) mass is 1070 g/mol. The molecule has 0 heterocycles. The Bertz CT molecular complexity index is 1860. The Balaban J connectivity index is 6.64. The molecule has 0 saturated heterocycles. The van der Waals surface area contributed by atoms with E-state index in [1.54, 1.807) is 27.7 Å². The van der Waals surface area contributed by atoms with Crippen LogP contribution in [0, 0.1) is 11.8 Å². The van der Waals surface area contributed by atoms with E-state index in [9.17, 15) is 68.1 Å². The summed E-state index contributed by atoms with van der Waals surface area (Å²) in [6.45, 7) is 7.79. The third kappa shape index (κ3) is 29.0. The molecule has 0 aliphatic rings. The molecule has 9 amide bonds. The van der Waals surface area contributed by atoms with Gasteiger partial charge in [-0.05, 0) is 122 Å².